The zero-order chi connectivity index (χ0) is 6.32. The van der Waals surface area contributed by atoms with Gasteiger partial charge in [0.25, 0.3) is 0 Å². The highest BCUT2D eigenvalue weighted by Gasteiger charge is 2.48. The zero-order valence-corrected chi connectivity index (χ0v) is 5.72. The molecule has 0 radical (unpaired) electrons. The van der Waals surface area contributed by atoms with Gasteiger partial charge in [0.2, 0.25) is 0 Å². The number of hydrogen-bond donors (Lipinski definition) is 0. The van der Waals surface area contributed by atoms with Gasteiger partial charge in [-0.05, 0) is 19.8 Å². The first kappa shape index (κ1) is 5.69. The Morgan fingerprint density at radius 1 is 1.44 bits per heavy atom. The molecule has 0 N–H and O–H groups in total. The molecule has 1 saturated heterocycles. The van der Waals surface area contributed by atoms with Crippen molar-refractivity contribution in [3.63, 3.8) is 0 Å². The van der Waals surface area contributed by atoms with E-state index in [1.165, 1.54) is 25.7 Å². The average molecular weight is 128 g/mol. The van der Waals surface area contributed by atoms with E-state index in [9.17, 15) is 0 Å². The molecule has 2 rings (SSSR count). The molecule has 2 fully saturated rings. The summed E-state index contributed by atoms with van der Waals surface area (Å²) in [7, 11) is 0. The van der Waals surface area contributed by atoms with Crippen LogP contribution < -0.4 is 0 Å². The maximum atomic E-state index is 5.02. The maximum Gasteiger partial charge on any atom is 0.130 e. The Morgan fingerprint density at radius 3 is 2.67 bits per heavy atom. The molecule has 0 aromatic carbocycles. The van der Waals surface area contributed by atoms with Crippen molar-refractivity contribution in [2.75, 3.05) is 0 Å². The Bertz CT molecular complexity index is 124. The van der Waals surface area contributed by atoms with Gasteiger partial charge in [-0.3, -0.25) is 0 Å². The van der Waals surface area contributed by atoms with Crippen LogP contribution in [0, 0.1) is 0 Å². The number of hydrogen-bond acceptors (Lipinski definition) is 2. The Hall–Kier alpha value is -0.0800. The summed E-state index contributed by atoms with van der Waals surface area (Å²) in [6.07, 6.45) is 5.39. The quantitative estimate of drug-likeness (QED) is 0.462. The minimum Gasteiger partial charge on any atom is -0.230 e. The molecule has 1 heterocycles. The normalized spacial score (nSPS) is 49.7. The number of rotatable bonds is 0. The molecule has 2 heteroatoms. The second kappa shape index (κ2) is 1.70. The largest absolute Gasteiger partial charge is 0.230 e. The predicted octanol–water partition coefficient (Wildman–Crippen LogP) is 1.65. The van der Waals surface area contributed by atoms with Crippen molar-refractivity contribution in [2.45, 2.75) is 44.3 Å². The summed E-state index contributed by atoms with van der Waals surface area (Å²) < 4.78 is 0. The van der Waals surface area contributed by atoms with Crippen LogP contribution in [-0.4, -0.2) is 11.7 Å². The third kappa shape index (κ3) is 0.700. The summed E-state index contributed by atoms with van der Waals surface area (Å²) in [4.78, 5) is 9.96. The molecule has 0 aromatic heterocycles. The molecule has 0 bridgehead atoms. The van der Waals surface area contributed by atoms with E-state index >= 15 is 0 Å². The molecule has 2 unspecified atom stereocenters. The minimum absolute atomic E-state index is 0.0955. The molecule has 1 aliphatic carbocycles. The van der Waals surface area contributed by atoms with E-state index in [0.717, 1.165) is 0 Å². The van der Waals surface area contributed by atoms with Gasteiger partial charge in [-0.1, -0.05) is 12.8 Å². The molecule has 0 amide bonds. The lowest BCUT2D eigenvalue weighted by molar-refractivity contribution is -0.512. The first-order chi connectivity index (χ1) is 4.31. The molecule has 2 aliphatic rings. The molecule has 9 heavy (non-hydrogen) atoms. The molecule has 0 spiro atoms. The van der Waals surface area contributed by atoms with Crippen LogP contribution in [0.15, 0.2) is 0 Å². The van der Waals surface area contributed by atoms with Crippen molar-refractivity contribution >= 4 is 0 Å². The molecule has 52 valence electrons. The molecule has 1 saturated carbocycles. The molecule has 2 atom stereocenters. The Balaban J connectivity index is 2.05. The van der Waals surface area contributed by atoms with Crippen LogP contribution in [-0.2, 0) is 9.78 Å². The van der Waals surface area contributed by atoms with E-state index < -0.39 is 0 Å². The maximum absolute atomic E-state index is 5.02. The predicted molar refractivity (Wildman–Crippen MR) is 32.8 cm³/mol. The summed E-state index contributed by atoms with van der Waals surface area (Å²) in [5, 5.41) is 0. The summed E-state index contributed by atoms with van der Waals surface area (Å²) in [6, 6.07) is 0. The fourth-order valence-electron chi connectivity index (χ4n) is 1.64. The molecular weight excluding hydrogens is 116 g/mol. The van der Waals surface area contributed by atoms with Crippen molar-refractivity contribution in [3.8, 4) is 0 Å². The van der Waals surface area contributed by atoms with E-state index in [0.29, 0.717) is 6.10 Å². The Morgan fingerprint density at radius 2 is 2.33 bits per heavy atom. The highest BCUT2D eigenvalue weighted by molar-refractivity contribution is 4.91. The van der Waals surface area contributed by atoms with Crippen LogP contribution in [0.1, 0.15) is 32.6 Å². The van der Waals surface area contributed by atoms with Crippen LogP contribution >= 0.6 is 0 Å². The lowest BCUT2D eigenvalue weighted by Gasteiger charge is -2.47. The number of fused-ring (bicyclic) bond motifs is 1. The van der Waals surface area contributed by atoms with E-state index in [1.54, 1.807) is 0 Å². The van der Waals surface area contributed by atoms with Gasteiger partial charge >= 0.3 is 0 Å². The minimum atomic E-state index is 0.0955. The van der Waals surface area contributed by atoms with Gasteiger partial charge in [0.15, 0.2) is 0 Å². The molecule has 2 nitrogen and oxygen atoms in total. The third-order valence-corrected chi connectivity index (χ3v) is 2.43. The highest BCUT2D eigenvalue weighted by atomic mass is 17.3. The molecule has 0 aromatic rings. The average Bonchev–Trinajstić information content (AvgIpc) is 1.82. The molecular formula is C7H12O2. The SMILES string of the molecule is CC12CCCCC1OO2. The van der Waals surface area contributed by atoms with E-state index in [1.807, 2.05) is 0 Å². The zero-order valence-electron chi connectivity index (χ0n) is 5.72. The lowest BCUT2D eigenvalue weighted by atomic mass is 9.82. The first-order valence-corrected chi connectivity index (χ1v) is 3.66. The van der Waals surface area contributed by atoms with Crippen LogP contribution in [0.5, 0.6) is 0 Å². The third-order valence-electron chi connectivity index (χ3n) is 2.43. The Kier molecular flexibility index (Phi) is 1.08. The summed E-state index contributed by atoms with van der Waals surface area (Å²) in [5.41, 5.74) is 0.0955. The topological polar surface area (TPSA) is 18.5 Å². The fourth-order valence-corrected chi connectivity index (χ4v) is 1.64. The van der Waals surface area contributed by atoms with Crippen LogP contribution in [0.2, 0.25) is 0 Å². The van der Waals surface area contributed by atoms with Gasteiger partial charge in [0, 0.05) is 0 Å². The summed E-state index contributed by atoms with van der Waals surface area (Å²) in [5.74, 6) is 0. The van der Waals surface area contributed by atoms with E-state index in [-0.39, 0.29) is 5.60 Å². The smallest absolute Gasteiger partial charge is 0.130 e. The fraction of sp³-hybridized carbons (Fsp3) is 1.00. The van der Waals surface area contributed by atoms with Crippen molar-refractivity contribution in [3.05, 3.63) is 0 Å². The standard InChI is InChI=1S/C7H12O2/c1-7-5-3-2-4-6(7)8-9-7/h6H,2-5H2,1H3. The van der Waals surface area contributed by atoms with E-state index in [4.69, 9.17) is 9.78 Å². The Labute approximate surface area is 55.1 Å². The second-order valence-electron chi connectivity index (χ2n) is 3.23. The van der Waals surface area contributed by atoms with Crippen molar-refractivity contribution in [1.29, 1.82) is 0 Å². The van der Waals surface area contributed by atoms with Crippen LogP contribution in [0.3, 0.4) is 0 Å². The highest BCUT2D eigenvalue weighted by Crippen LogP contribution is 2.41. The van der Waals surface area contributed by atoms with Gasteiger partial charge in [-0.2, -0.15) is 0 Å². The molecule has 1 aliphatic heterocycles. The van der Waals surface area contributed by atoms with E-state index in [2.05, 4.69) is 6.92 Å². The lowest BCUT2D eigenvalue weighted by Crippen LogP contribution is -2.55. The summed E-state index contributed by atoms with van der Waals surface area (Å²) in [6.45, 7) is 2.14. The van der Waals surface area contributed by atoms with Crippen molar-refractivity contribution in [1.82, 2.24) is 0 Å². The van der Waals surface area contributed by atoms with Crippen LogP contribution in [0.25, 0.3) is 0 Å². The van der Waals surface area contributed by atoms with Crippen LogP contribution in [0.4, 0.5) is 0 Å². The van der Waals surface area contributed by atoms with Gasteiger partial charge in [0.05, 0.1) is 0 Å². The monoisotopic (exact) mass is 128 g/mol. The van der Waals surface area contributed by atoms with Crippen molar-refractivity contribution in [2.24, 2.45) is 0 Å². The second-order valence-corrected chi connectivity index (χ2v) is 3.23. The van der Waals surface area contributed by atoms with Gasteiger partial charge in [-0.15, -0.1) is 0 Å². The van der Waals surface area contributed by atoms with Crippen molar-refractivity contribution < 1.29 is 9.78 Å². The van der Waals surface area contributed by atoms with Gasteiger partial charge in [0.1, 0.15) is 11.7 Å². The summed E-state index contributed by atoms with van der Waals surface area (Å²) >= 11 is 0. The van der Waals surface area contributed by atoms with Gasteiger partial charge in [-0.25, -0.2) is 9.78 Å². The van der Waals surface area contributed by atoms with Gasteiger partial charge < -0.3 is 0 Å². The first-order valence-electron chi connectivity index (χ1n) is 3.66.